The Morgan fingerprint density at radius 2 is 1.96 bits per heavy atom. The van der Waals surface area contributed by atoms with Gasteiger partial charge in [-0.15, -0.1) is 5.10 Å². The van der Waals surface area contributed by atoms with E-state index in [0.29, 0.717) is 17.9 Å². The lowest BCUT2D eigenvalue weighted by atomic mass is 10.2. The number of rotatable bonds is 4. The van der Waals surface area contributed by atoms with E-state index in [0.717, 1.165) is 11.0 Å². The van der Waals surface area contributed by atoms with Crippen molar-refractivity contribution in [3.05, 3.63) is 46.1 Å². The zero-order valence-corrected chi connectivity index (χ0v) is 12.7. The quantitative estimate of drug-likeness (QED) is 0.725. The van der Waals surface area contributed by atoms with Crippen LogP contribution >= 0.6 is 0 Å². The monoisotopic (exact) mass is 338 g/mol. The van der Waals surface area contributed by atoms with E-state index in [-0.39, 0.29) is 12.1 Å². The molecular formula is C14H13F3N6O. The largest absolute Gasteiger partial charge is 0.438 e. The number of aryl methyl sites for hydroxylation is 1. The molecule has 0 fully saturated rings. The van der Waals surface area contributed by atoms with Gasteiger partial charge in [0.1, 0.15) is 0 Å². The van der Waals surface area contributed by atoms with Gasteiger partial charge in [0, 0.05) is 6.54 Å². The van der Waals surface area contributed by atoms with Crippen molar-refractivity contribution in [2.45, 2.75) is 32.6 Å². The van der Waals surface area contributed by atoms with Gasteiger partial charge in [-0.3, -0.25) is 9.36 Å². The minimum absolute atomic E-state index is 0.0824. The van der Waals surface area contributed by atoms with Crippen LogP contribution in [-0.2, 0) is 19.3 Å². The van der Waals surface area contributed by atoms with Crippen LogP contribution in [0.2, 0.25) is 0 Å². The summed E-state index contributed by atoms with van der Waals surface area (Å²) in [4.78, 5) is 15.8. The second kappa shape index (κ2) is 6.02. The summed E-state index contributed by atoms with van der Waals surface area (Å²) in [5.74, 6) is 0.309. The molecule has 0 unspecified atom stereocenters. The zero-order chi connectivity index (χ0) is 17.3. The third kappa shape index (κ3) is 2.86. The molecule has 3 aromatic rings. The number of fused-ring (bicyclic) bond motifs is 1. The van der Waals surface area contributed by atoms with Gasteiger partial charge in [0.25, 0.3) is 5.56 Å². The Labute approximate surface area is 133 Å². The molecule has 10 heteroatoms. The molecule has 0 amide bonds. The number of alkyl halides is 3. The van der Waals surface area contributed by atoms with Gasteiger partial charge in [0.15, 0.2) is 5.82 Å². The van der Waals surface area contributed by atoms with Crippen LogP contribution in [0.5, 0.6) is 0 Å². The maximum Gasteiger partial charge on any atom is 0.438 e. The molecule has 2 aromatic heterocycles. The lowest BCUT2D eigenvalue weighted by Crippen LogP contribution is -2.31. The van der Waals surface area contributed by atoms with E-state index in [1.165, 1.54) is 16.8 Å². The maximum atomic E-state index is 13.1. The Morgan fingerprint density at radius 1 is 1.21 bits per heavy atom. The van der Waals surface area contributed by atoms with Crippen molar-refractivity contribution >= 4 is 11.0 Å². The number of tetrazole rings is 1. The van der Waals surface area contributed by atoms with Crippen molar-refractivity contribution in [1.82, 2.24) is 29.8 Å². The second-order valence-corrected chi connectivity index (χ2v) is 5.16. The Kier molecular flexibility index (Phi) is 4.04. The molecule has 0 aliphatic heterocycles. The molecule has 0 N–H and O–H groups in total. The highest BCUT2D eigenvalue weighted by molar-refractivity contribution is 5.74. The van der Waals surface area contributed by atoms with Gasteiger partial charge in [-0.25, -0.2) is 9.67 Å². The number of hydrogen-bond donors (Lipinski definition) is 0. The lowest BCUT2D eigenvalue weighted by molar-refractivity contribution is -0.142. The van der Waals surface area contributed by atoms with Crippen LogP contribution in [0.3, 0.4) is 0 Å². The Bertz CT molecular complexity index is 930. The van der Waals surface area contributed by atoms with Crippen LogP contribution < -0.4 is 5.56 Å². The standard InChI is InChI=1S/C14H13F3N6O/c1-2-7-23-11(19-20-21-23)8-22-10-6-4-3-5-9(10)18-12(13(22)24)14(15,16)17/h3-6H,2,7-8H2,1H3. The van der Waals surface area contributed by atoms with E-state index >= 15 is 0 Å². The fraction of sp³-hybridized carbons (Fsp3) is 0.357. The summed E-state index contributed by atoms with van der Waals surface area (Å²) in [7, 11) is 0. The summed E-state index contributed by atoms with van der Waals surface area (Å²) < 4.78 is 41.8. The third-order valence-electron chi connectivity index (χ3n) is 3.46. The first-order valence-electron chi connectivity index (χ1n) is 7.23. The number of halogens is 3. The van der Waals surface area contributed by atoms with Gasteiger partial charge in [-0.2, -0.15) is 13.2 Å². The highest BCUT2D eigenvalue weighted by atomic mass is 19.4. The van der Waals surface area contributed by atoms with Crippen molar-refractivity contribution in [2.75, 3.05) is 0 Å². The van der Waals surface area contributed by atoms with Crippen LogP contribution in [-0.4, -0.2) is 29.8 Å². The summed E-state index contributed by atoms with van der Waals surface area (Å²) in [6.45, 7) is 2.26. The molecule has 1 aromatic carbocycles. The van der Waals surface area contributed by atoms with Crippen molar-refractivity contribution in [2.24, 2.45) is 0 Å². The molecule has 0 spiro atoms. The molecule has 0 radical (unpaired) electrons. The molecule has 0 atom stereocenters. The number of para-hydroxylation sites is 2. The van der Waals surface area contributed by atoms with E-state index in [1.807, 2.05) is 6.92 Å². The molecule has 7 nitrogen and oxygen atoms in total. The molecule has 0 saturated heterocycles. The number of benzene rings is 1. The van der Waals surface area contributed by atoms with E-state index in [2.05, 4.69) is 20.5 Å². The molecular weight excluding hydrogens is 325 g/mol. The topological polar surface area (TPSA) is 78.5 Å². The van der Waals surface area contributed by atoms with Gasteiger partial charge in [0.05, 0.1) is 17.6 Å². The number of hydrogen-bond acceptors (Lipinski definition) is 5. The lowest BCUT2D eigenvalue weighted by Gasteiger charge is -2.13. The van der Waals surface area contributed by atoms with Crippen LogP contribution in [0.1, 0.15) is 24.9 Å². The summed E-state index contributed by atoms with van der Waals surface area (Å²) in [5.41, 5.74) is -2.29. The van der Waals surface area contributed by atoms with Crippen LogP contribution in [0.4, 0.5) is 13.2 Å². The minimum Gasteiger partial charge on any atom is -0.297 e. The van der Waals surface area contributed by atoms with Gasteiger partial charge >= 0.3 is 6.18 Å². The van der Waals surface area contributed by atoms with Crippen molar-refractivity contribution in [1.29, 1.82) is 0 Å². The van der Waals surface area contributed by atoms with E-state index in [9.17, 15) is 18.0 Å². The number of nitrogens with zero attached hydrogens (tertiary/aromatic N) is 6. The SMILES string of the molecule is CCCn1nnnc1Cn1c(=O)c(C(F)(F)F)nc2ccccc21. The fourth-order valence-electron chi connectivity index (χ4n) is 2.40. The summed E-state index contributed by atoms with van der Waals surface area (Å²) in [6, 6.07) is 6.15. The first kappa shape index (κ1) is 16.1. The van der Waals surface area contributed by atoms with Crippen LogP contribution in [0.25, 0.3) is 11.0 Å². The molecule has 3 rings (SSSR count). The van der Waals surface area contributed by atoms with E-state index < -0.39 is 17.4 Å². The normalized spacial score (nSPS) is 12.0. The fourth-order valence-corrected chi connectivity index (χ4v) is 2.40. The predicted octanol–water partition coefficient (Wildman–Crippen LogP) is 1.86. The molecule has 0 aliphatic rings. The Hall–Kier alpha value is -2.78. The third-order valence-corrected chi connectivity index (χ3v) is 3.46. The molecule has 2 heterocycles. The number of aromatic nitrogens is 6. The molecule has 0 saturated carbocycles. The average molecular weight is 338 g/mol. The van der Waals surface area contributed by atoms with Gasteiger partial charge < -0.3 is 0 Å². The van der Waals surface area contributed by atoms with E-state index in [4.69, 9.17) is 0 Å². The molecule has 126 valence electrons. The minimum atomic E-state index is -4.84. The molecule has 24 heavy (non-hydrogen) atoms. The van der Waals surface area contributed by atoms with Crippen molar-refractivity contribution in [3.63, 3.8) is 0 Å². The summed E-state index contributed by atoms with van der Waals surface area (Å²) in [5, 5.41) is 11.1. The first-order chi connectivity index (χ1) is 11.4. The van der Waals surface area contributed by atoms with Crippen molar-refractivity contribution in [3.8, 4) is 0 Å². The van der Waals surface area contributed by atoms with Crippen LogP contribution in [0.15, 0.2) is 29.1 Å². The molecule has 0 aliphatic carbocycles. The van der Waals surface area contributed by atoms with Gasteiger partial charge in [0.2, 0.25) is 5.69 Å². The van der Waals surface area contributed by atoms with Crippen LogP contribution in [0, 0.1) is 0 Å². The Morgan fingerprint density at radius 3 is 2.67 bits per heavy atom. The maximum absolute atomic E-state index is 13.1. The van der Waals surface area contributed by atoms with Gasteiger partial charge in [-0.1, -0.05) is 19.1 Å². The summed E-state index contributed by atoms with van der Waals surface area (Å²) in [6.07, 6.45) is -4.09. The van der Waals surface area contributed by atoms with Crippen molar-refractivity contribution < 1.29 is 13.2 Å². The molecule has 0 bridgehead atoms. The smallest absolute Gasteiger partial charge is 0.297 e. The predicted molar refractivity (Wildman–Crippen MR) is 78.2 cm³/mol. The van der Waals surface area contributed by atoms with Gasteiger partial charge in [-0.05, 0) is 29.0 Å². The first-order valence-corrected chi connectivity index (χ1v) is 7.23. The highest BCUT2D eigenvalue weighted by Crippen LogP contribution is 2.26. The zero-order valence-electron chi connectivity index (χ0n) is 12.7. The Balaban J connectivity index is 2.20. The highest BCUT2D eigenvalue weighted by Gasteiger charge is 2.37. The summed E-state index contributed by atoms with van der Waals surface area (Å²) >= 11 is 0. The van der Waals surface area contributed by atoms with E-state index in [1.54, 1.807) is 12.1 Å². The average Bonchev–Trinajstić information content (AvgIpc) is 2.96. The second-order valence-electron chi connectivity index (χ2n) is 5.16.